The molecule has 0 spiro atoms. The number of benzene rings is 1. The molecular weight excluding hydrogens is 385 g/mol. The van der Waals surface area contributed by atoms with Crippen LogP contribution in [-0.4, -0.2) is 62.5 Å². The zero-order valence-corrected chi connectivity index (χ0v) is 15.4. The zero-order valence-electron chi connectivity index (χ0n) is 14.5. The summed E-state index contributed by atoms with van der Waals surface area (Å²) in [6.45, 7) is 1.12. The molecule has 27 heavy (non-hydrogen) atoms. The number of carbonyl (C=O) groups is 1. The molecule has 2 fully saturated rings. The van der Waals surface area contributed by atoms with E-state index in [1.165, 1.54) is 12.1 Å². The molecule has 1 aromatic rings. The number of carbonyl (C=O) groups excluding carboxylic acids is 1. The predicted molar refractivity (Wildman–Crippen MR) is 92.1 cm³/mol. The predicted octanol–water partition coefficient (Wildman–Crippen LogP) is 1.46. The van der Waals surface area contributed by atoms with Gasteiger partial charge in [-0.1, -0.05) is 6.07 Å². The van der Waals surface area contributed by atoms with Crippen molar-refractivity contribution in [2.24, 2.45) is 0 Å². The molecular formula is C17H21F3N2O4S. The maximum absolute atomic E-state index is 12.7. The molecule has 150 valence electrons. The van der Waals surface area contributed by atoms with Gasteiger partial charge in [0.1, 0.15) is 5.75 Å². The van der Waals surface area contributed by atoms with E-state index in [0.29, 0.717) is 0 Å². The van der Waals surface area contributed by atoms with Crippen LogP contribution in [0.3, 0.4) is 0 Å². The Hall–Kier alpha value is -1.81. The van der Waals surface area contributed by atoms with E-state index < -0.39 is 40.1 Å². The first kappa shape index (κ1) is 19.9. The molecule has 0 radical (unpaired) electrons. The van der Waals surface area contributed by atoms with Gasteiger partial charge in [-0.25, -0.2) is 8.42 Å². The summed E-state index contributed by atoms with van der Waals surface area (Å²) in [5.74, 6) is -0.760. The Balaban J connectivity index is 1.58. The van der Waals surface area contributed by atoms with Crippen molar-refractivity contribution in [2.45, 2.75) is 31.1 Å². The largest absolute Gasteiger partial charge is 0.484 e. The highest BCUT2D eigenvalue weighted by molar-refractivity contribution is 7.91. The van der Waals surface area contributed by atoms with Crippen LogP contribution in [0, 0.1) is 0 Å². The van der Waals surface area contributed by atoms with Gasteiger partial charge in [0.25, 0.3) is 5.91 Å². The number of amides is 1. The SMILES string of the molecule is O=C(COc1cccc(C(F)(F)F)c1)NC1CS(=O)(=O)CC1N1CCCC1. The number of hydrogen-bond acceptors (Lipinski definition) is 5. The lowest BCUT2D eigenvalue weighted by atomic mass is 10.1. The average molecular weight is 406 g/mol. The van der Waals surface area contributed by atoms with E-state index in [-0.39, 0.29) is 23.3 Å². The molecule has 1 N–H and O–H groups in total. The fourth-order valence-electron chi connectivity index (χ4n) is 3.56. The maximum Gasteiger partial charge on any atom is 0.416 e. The summed E-state index contributed by atoms with van der Waals surface area (Å²) in [4.78, 5) is 14.2. The van der Waals surface area contributed by atoms with Gasteiger partial charge in [-0.05, 0) is 44.1 Å². The fraction of sp³-hybridized carbons (Fsp3) is 0.588. The van der Waals surface area contributed by atoms with Gasteiger partial charge in [0, 0.05) is 6.04 Å². The van der Waals surface area contributed by atoms with Crippen molar-refractivity contribution in [3.8, 4) is 5.75 Å². The Morgan fingerprint density at radius 2 is 1.93 bits per heavy atom. The van der Waals surface area contributed by atoms with Crippen LogP contribution < -0.4 is 10.1 Å². The van der Waals surface area contributed by atoms with Crippen LogP contribution >= 0.6 is 0 Å². The Kier molecular flexibility index (Phi) is 5.66. The Labute approximate surface area is 155 Å². The van der Waals surface area contributed by atoms with Gasteiger partial charge in [-0.15, -0.1) is 0 Å². The molecule has 10 heteroatoms. The van der Waals surface area contributed by atoms with Gasteiger partial charge in [-0.2, -0.15) is 13.2 Å². The smallest absolute Gasteiger partial charge is 0.416 e. The molecule has 0 aliphatic carbocycles. The number of sulfone groups is 1. The molecule has 0 aromatic heterocycles. The summed E-state index contributed by atoms with van der Waals surface area (Å²) in [7, 11) is -3.24. The standard InChI is InChI=1S/C17H21F3N2O4S/c18-17(19,20)12-4-3-5-13(8-12)26-9-16(23)21-14-10-27(24,25)11-15(14)22-6-1-2-7-22/h3-5,8,14-15H,1-2,6-7,9-11H2,(H,21,23). The first-order valence-corrected chi connectivity index (χ1v) is 10.5. The van der Waals surface area contributed by atoms with E-state index in [9.17, 15) is 26.4 Å². The molecule has 2 atom stereocenters. The Bertz CT molecular complexity index is 792. The minimum atomic E-state index is -4.50. The molecule has 1 aromatic carbocycles. The molecule has 2 aliphatic rings. The van der Waals surface area contributed by atoms with E-state index in [0.717, 1.165) is 38.1 Å². The Morgan fingerprint density at radius 1 is 1.22 bits per heavy atom. The van der Waals surface area contributed by atoms with Crippen molar-refractivity contribution in [1.82, 2.24) is 10.2 Å². The lowest BCUT2D eigenvalue weighted by molar-refractivity contribution is -0.137. The molecule has 2 saturated heterocycles. The summed E-state index contributed by atoms with van der Waals surface area (Å²) >= 11 is 0. The van der Waals surface area contributed by atoms with E-state index in [1.54, 1.807) is 0 Å². The van der Waals surface area contributed by atoms with Crippen LogP contribution in [0.5, 0.6) is 5.75 Å². The summed E-state index contributed by atoms with van der Waals surface area (Å²) in [6.07, 6.45) is -2.51. The first-order valence-electron chi connectivity index (χ1n) is 8.68. The van der Waals surface area contributed by atoms with Crippen molar-refractivity contribution in [3.05, 3.63) is 29.8 Å². The van der Waals surface area contributed by atoms with Crippen LogP contribution in [-0.2, 0) is 20.8 Å². The van der Waals surface area contributed by atoms with Gasteiger partial charge >= 0.3 is 6.18 Å². The number of nitrogens with one attached hydrogen (secondary N) is 1. The van der Waals surface area contributed by atoms with Gasteiger partial charge in [0.2, 0.25) is 0 Å². The third-order valence-corrected chi connectivity index (χ3v) is 6.53. The number of rotatable bonds is 5. The van der Waals surface area contributed by atoms with E-state index in [1.807, 2.05) is 0 Å². The monoisotopic (exact) mass is 406 g/mol. The summed E-state index contributed by atoms with van der Waals surface area (Å²) < 4.78 is 67.2. The molecule has 6 nitrogen and oxygen atoms in total. The van der Waals surface area contributed by atoms with E-state index in [4.69, 9.17) is 4.74 Å². The molecule has 2 unspecified atom stereocenters. The number of nitrogens with zero attached hydrogens (tertiary/aromatic N) is 1. The van der Waals surface area contributed by atoms with Crippen LogP contribution in [0.25, 0.3) is 0 Å². The quantitative estimate of drug-likeness (QED) is 0.802. The normalized spacial score (nSPS) is 25.4. The number of likely N-dealkylation sites (tertiary alicyclic amines) is 1. The second-order valence-corrected chi connectivity index (χ2v) is 9.03. The minimum absolute atomic E-state index is 0.00638. The second-order valence-electron chi connectivity index (χ2n) is 6.88. The topological polar surface area (TPSA) is 75.7 Å². The van der Waals surface area contributed by atoms with Crippen molar-refractivity contribution in [1.29, 1.82) is 0 Å². The molecule has 2 heterocycles. The number of halogens is 3. The fourth-order valence-corrected chi connectivity index (χ4v) is 5.51. The van der Waals surface area contributed by atoms with E-state index >= 15 is 0 Å². The van der Waals surface area contributed by atoms with Gasteiger partial charge in [0.15, 0.2) is 16.4 Å². The van der Waals surface area contributed by atoms with Gasteiger partial charge in [-0.3, -0.25) is 9.69 Å². The van der Waals surface area contributed by atoms with Crippen molar-refractivity contribution < 1.29 is 31.1 Å². The highest BCUT2D eigenvalue weighted by Gasteiger charge is 2.42. The summed E-state index contributed by atoms with van der Waals surface area (Å²) in [5.41, 5.74) is -0.864. The number of ether oxygens (including phenoxy) is 1. The number of alkyl halides is 3. The van der Waals surface area contributed by atoms with Crippen molar-refractivity contribution in [3.63, 3.8) is 0 Å². The molecule has 3 rings (SSSR count). The minimum Gasteiger partial charge on any atom is -0.484 e. The molecule has 2 aliphatic heterocycles. The van der Waals surface area contributed by atoms with Crippen LogP contribution in [0.4, 0.5) is 13.2 Å². The van der Waals surface area contributed by atoms with Crippen molar-refractivity contribution in [2.75, 3.05) is 31.2 Å². The summed E-state index contributed by atoms with van der Waals surface area (Å²) in [6, 6.07) is 3.45. The molecule has 0 bridgehead atoms. The second kappa shape index (κ2) is 7.67. The third-order valence-electron chi connectivity index (χ3n) is 4.81. The summed E-state index contributed by atoms with van der Waals surface area (Å²) in [5, 5.41) is 2.67. The maximum atomic E-state index is 12.7. The first-order chi connectivity index (χ1) is 12.6. The average Bonchev–Trinajstić information content (AvgIpc) is 3.20. The highest BCUT2D eigenvalue weighted by Crippen LogP contribution is 2.31. The highest BCUT2D eigenvalue weighted by atomic mass is 32.2. The lowest BCUT2D eigenvalue weighted by Gasteiger charge is -2.28. The zero-order chi connectivity index (χ0) is 19.7. The third kappa shape index (κ3) is 5.13. The van der Waals surface area contributed by atoms with Crippen LogP contribution in [0.1, 0.15) is 18.4 Å². The molecule has 1 amide bonds. The number of hydrogen-bond donors (Lipinski definition) is 1. The molecule has 0 saturated carbocycles. The Morgan fingerprint density at radius 3 is 2.59 bits per heavy atom. The van der Waals surface area contributed by atoms with Crippen LogP contribution in [0.2, 0.25) is 0 Å². The lowest BCUT2D eigenvalue weighted by Crippen LogP contribution is -2.51. The van der Waals surface area contributed by atoms with Crippen LogP contribution in [0.15, 0.2) is 24.3 Å². The van der Waals surface area contributed by atoms with Gasteiger partial charge < -0.3 is 10.1 Å². The van der Waals surface area contributed by atoms with Gasteiger partial charge in [0.05, 0.1) is 23.1 Å². The van der Waals surface area contributed by atoms with Crippen molar-refractivity contribution >= 4 is 15.7 Å². The van der Waals surface area contributed by atoms with E-state index in [2.05, 4.69) is 10.2 Å².